The quantitative estimate of drug-likeness (QED) is 0.430. The minimum absolute atomic E-state index is 0.0816. The average molecular weight is 347 g/mol. The fourth-order valence-corrected chi connectivity index (χ4v) is 2.17. The van der Waals surface area contributed by atoms with Gasteiger partial charge in [-0.15, -0.1) is 0 Å². The summed E-state index contributed by atoms with van der Waals surface area (Å²) in [5, 5.41) is 21.0. The van der Waals surface area contributed by atoms with E-state index in [0.29, 0.717) is 19.4 Å². The van der Waals surface area contributed by atoms with E-state index in [1.54, 1.807) is 0 Å². The van der Waals surface area contributed by atoms with E-state index in [-0.39, 0.29) is 29.3 Å². The summed E-state index contributed by atoms with van der Waals surface area (Å²) in [6.45, 7) is 0.363. The van der Waals surface area contributed by atoms with Crippen molar-refractivity contribution in [3.63, 3.8) is 0 Å². The number of unbranched alkanes of at least 4 members (excludes halogenated alkanes) is 1. The summed E-state index contributed by atoms with van der Waals surface area (Å²) in [6, 6.07) is 4.90. The number of anilines is 1. The van der Waals surface area contributed by atoms with Crippen LogP contribution in [0.15, 0.2) is 40.1 Å². The molecular weight excluding hydrogens is 330 g/mol. The molecule has 0 aliphatic rings. The number of nitrogens with one attached hydrogen (secondary N) is 2. The molecule has 0 saturated heterocycles. The number of aromatic carboxylic acids is 1. The Bertz CT molecular complexity index is 899. The predicted molar refractivity (Wildman–Crippen MR) is 88.9 cm³/mol. The Hall–Kier alpha value is -3.36. The highest BCUT2D eigenvalue weighted by molar-refractivity contribution is 5.94. The number of carboxylic acid groups (broad SMARTS) is 1. The predicted octanol–water partition coefficient (Wildman–Crippen LogP) is 0.749. The van der Waals surface area contributed by atoms with Crippen LogP contribution >= 0.6 is 0 Å². The summed E-state index contributed by atoms with van der Waals surface area (Å²) >= 11 is 0. The number of H-pyrrole nitrogens is 1. The lowest BCUT2D eigenvalue weighted by atomic mass is 10.1. The van der Waals surface area contributed by atoms with Gasteiger partial charge in [0.2, 0.25) is 5.91 Å². The van der Waals surface area contributed by atoms with Crippen molar-refractivity contribution in [2.24, 2.45) is 0 Å². The van der Waals surface area contributed by atoms with E-state index in [9.17, 15) is 24.3 Å². The van der Waals surface area contributed by atoms with Crippen LogP contribution in [0.2, 0.25) is 0 Å². The first kappa shape index (κ1) is 18.0. The maximum Gasteiger partial charge on any atom is 0.335 e. The lowest BCUT2D eigenvalue weighted by molar-refractivity contribution is -0.116. The Kier molecular flexibility index (Phi) is 5.72. The number of hydrogen-bond acceptors (Lipinski definition) is 5. The van der Waals surface area contributed by atoms with Crippen molar-refractivity contribution in [3.05, 3.63) is 56.9 Å². The number of carbonyl (C=O) groups is 2. The molecule has 1 heterocycles. The summed E-state index contributed by atoms with van der Waals surface area (Å²) in [5.74, 6) is -1.84. The second-order valence-electron chi connectivity index (χ2n) is 5.35. The number of aromatic hydroxyl groups is 1. The standard InChI is InChI=1S/C16H17N3O6/c20-12-9-10(15(23)24)4-5-11(12)17-13(21)3-1-2-7-19-8-6-14(22)18-16(19)25/h4-6,8-9,20H,1-3,7H2,(H,17,21)(H,23,24)(H,18,22,25). The number of aryl methyl sites for hydroxylation is 1. The van der Waals surface area contributed by atoms with E-state index in [1.807, 2.05) is 0 Å². The topological polar surface area (TPSA) is 141 Å². The molecule has 2 rings (SSSR count). The van der Waals surface area contributed by atoms with E-state index in [4.69, 9.17) is 5.11 Å². The second-order valence-corrected chi connectivity index (χ2v) is 5.35. The van der Waals surface area contributed by atoms with Crippen LogP contribution in [0.4, 0.5) is 5.69 Å². The van der Waals surface area contributed by atoms with Crippen LogP contribution in [-0.2, 0) is 11.3 Å². The van der Waals surface area contributed by atoms with Crippen LogP contribution in [0.25, 0.3) is 0 Å². The molecule has 0 aliphatic carbocycles. The van der Waals surface area contributed by atoms with Gasteiger partial charge in [0.1, 0.15) is 5.75 Å². The number of phenols is 1. The number of carboxylic acids is 1. The maximum atomic E-state index is 11.9. The number of carbonyl (C=O) groups excluding carboxylic acids is 1. The molecule has 0 spiro atoms. The van der Waals surface area contributed by atoms with Crippen LogP contribution in [0.5, 0.6) is 5.75 Å². The third-order valence-corrected chi connectivity index (χ3v) is 3.47. The number of rotatable bonds is 7. The smallest absolute Gasteiger partial charge is 0.335 e. The number of phenolic OH excluding ortho intramolecular Hbond substituents is 1. The molecule has 132 valence electrons. The zero-order valence-electron chi connectivity index (χ0n) is 13.2. The average Bonchev–Trinajstić information content (AvgIpc) is 2.55. The normalized spacial score (nSPS) is 10.4. The lowest BCUT2D eigenvalue weighted by Gasteiger charge is -2.08. The SMILES string of the molecule is O=C(CCCCn1ccc(=O)[nH]c1=O)Nc1ccc(C(=O)O)cc1O. The van der Waals surface area contributed by atoms with Gasteiger partial charge >= 0.3 is 11.7 Å². The zero-order valence-corrected chi connectivity index (χ0v) is 13.2. The number of nitrogens with zero attached hydrogens (tertiary/aromatic N) is 1. The fourth-order valence-electron chi connectivity index (χ4n) is 2.17. The molecule has 25 heavy (non-hydrogen) atoms. The van der Waals surface area contributed by atoms with Crippen molar-refractivity contribution in [3.8, 4) is 5.75 Å². The number of benzene rings is 1. The Morgan fingerprint density at radius 2 is 1.92 bits per heavy atom. The molecule has 0 radical (unpaired) electrons. The van der Waals surface area contributed by atoms with Crippen molar-refractivity contribution in [2.75, 3.05) is 5.32 Å². The zero-order chi connectivity index (χ0) is 18.4. The number of amides is 1. The molecule has 9 nitrogen and oxygen atoms in total. The van der Waals surface area contributed by atoms with E-state index >= 15 is 0 Å². The van der Waals surface area contributed by atoms with Gasteiger partial charge in [-0.1, -0.05) is 0 Å². The molecule has 0 bridgehead atoms. The Balaban J connectivity index is 1.82. The van der Waals surface area contributed by atoms with Gasteiger partial charge in [-0.25, -0.2) is 9.59 Å². The first-order valence-electron chi connectivity index (χ1n) is 7.53. The summed E-state index contributed by atoms with van der Waals surface area (Å²) in [6.07, 6.45) is 2.59. The van der Waals surface area contributed by atoms with Crippen molar-refractivity contribution in [1.29, 1.82) is 0 Å². The van der Waals surface area contributed by atoms with Gasteiger partial charge in [-0.2, -0.15) is 0 Å². The van der Waals surface area contributed by atoms with Gasteiger partial charge in [0.15, 0.2) is 0 Å². The van der Waals surface area contributed by atoms with Gasteiger partial charge in [-0.05, 0) is 31.0 Å². The number of hydrogen-bond donors (Lipinski definition) is 4. The molecular formula is C16H17N3O6. The van der Waals surface area contributed by atoms with Crippen LogP contribution in [-0.4, -0.2) is 31.6 Å². The van der Waals surface area contributed by atoms with Crippen LogP contribution in [0.1, 0.15) is 29.6 Å². The first-order valence-corrected chi connectivity index (χ1v) is 7.53. The molecule has 4 N–H and O–H groups in total. The van der Waals surface area contributed by atoms with Crippen molar-refractivity contribution in [2.45, 2.75) is 25.8 Å². The van der Waals surface area contributed by atoms with Crippen LogP contribution < -0.4 is 16.6 Å². The molecule has 1 aromatic heterocycles. The molecule has 0 atom stereocenters. The molecule has 1 aromatic carbocycles. The van der Waals surface area contributed by atoms with E-state index in [1.165, 1.54) is 29.0 Å². The third-order valence-electron chi connectivity index (χ3n) is 3.47. The maximum absolute atomic E-state index is 11.9. The van der Waals surface area contributed by atoms with E-state index < -0.39 is 17.2 Å². The summed E-state index contributed by atoms with van der Waals surface area (Å²) in [5.41, 5.74) is -0.913. The van der Waals surface area contributed by atoms with Crippen LogP contribution in [0, 0.1) is 0 Å². The second kappa shape index (κ2) is 7.95. The highest BCUT2D eigenvalue weighted by atomic mass is 16.4. The molecule has 0 unspecified atom stereocenters. The van der Waals surface area contributed by atoms with Gasteiger partial charge in [0.05, 0.1) is 11.3 Å². The Morgan fingerprint density at radius 3 is 2.56 bits per heavy atom. The van der Waals surface area contributed by atoms with E-state index in [2.05, 4.69) is 10.3 Å². The largest absolute Gasteiger partial charge is 0.506 e. The van der Waals surface area contributed by atoms with E-state index in [0.717, 1.165) is 6.07 Å². The summed E-state index contributed by atoms with van der Waals surface area (Å²) < 4.78 is 1.34. The van der Waals surface area contributed by atoms with Gasteiger partial charge in [0.25, 0.3) is 5.56 Å². The van der Waals surface area contributed by atoms with Gasteiger partial charge in [0, 0.05) is 25.2 Å². The first-order chi connectivity index (χ1) is 11.9. The summed E-state index contributed by atoms with van der Waals surface area (Å²) in [4.78, 5) is 47.2. The fraction of sp³-hybridized carbons (Fsp3) is 0.250. The highest BCUT2D eigenvalue weighted by Crippen LogP contribution is 2.24. The van der Waals surface area contributed by atoms with Crippen molar-refractivity contribution in [1.82, 2.24) is 9.55 Å². The number of aromatic nitrogens is 2. The lowest BCUT2D eigenvalue weighted by Crippen LogP contribution is -2.28. The van der Waals surface area contributed by atoms with Crippen molar-refractivity contribution >= 4 is 17.6 Å². The molecule has 0 saturated carbocycles. The summed E-state index contributed by atoms with van der Waals surface area (Å²) in [7, 11) is 0. The number of aromatic amines is 1. The minimum atomic E-state index is -1.18. The Labute approximate surface area is 141 Å². The minimum Gasteiger partial charge on any atom is -0.506 e. The monoisotopic (exact) mass is 347 g/mol. The highest BCUT2D eigenvalue weighted by Gasteiger charge is 2.10. The Morgan fingerprint density at radius 1 is 1.16 bits per heavy atom. The molecule has 2 aromatic rings. The molecule has 1 amide bonds. The molecule has 9 heteroatoms. The van der Waals surface area contributed by atoms with Gasteiger partial charge in [-0.3, -0.25) is 14.6 Å². The third kappa shape index (κ3) is 5.06. The van der Waals surface area contributed by atoms with Crippen LogP contribution in [0.3, 0.4) is 0 Å². The van der Waals surface area contributed by atoms with Crippen molar-refractivity contribution < 1.29 is 19.8 Å². The molecule has 0 aliphatic heterocycles. The molecule has 0 fully saturated rings. The van der Waals surface area contributed by atoms with Gasteiger partial charge < -0.3 is 20.1 Å².